The molecule has 0 bridgehead atoms. The first-order chi connectivity index (χ1) is 9.65. The van der Waals surface area contributed by atoms with Crippen LogP contribution in [-0.2, 0) is 13.0 Å². The monoisotopic (exact) mass is 272 g/mol. The average Bonchev–Trinajstić information content (AvgIpc) is 2.44. The maximum atomic E-state index is 13.4. The molecule has 0 aliphatic carbocycles. The van der Waals surface area contributed by atoms with Gasteiger partial charge in [0.15, 0.2) is 0 Å². The molecule has 20 heavy (non-hydrogen) atoms. The molecule has 0 saturated carbocycles. The Balaban J connectivity index is 1.77. The molecule has 2 aromatic carbocycles. The molecule has 0 aromatic heterocycles. The minimum absolute atomic E-state index is 0.209. The van der Waals surface area contributed by atoms with Crippen molar-refractivity contribution < 1.29 is 4.39 Å². The number of rotatable bonds is 6. The van der Waals surface area contributed by atoms with Gasteiger partial charge in [-0.15, -0.1) is 0 Å². The number of anilines is 1. The predicted molar refractivity (Wildman–Crippen MR) is 81.9 cm³/mol. The van der Waals surface area contributed by atoms with E-state index in [9.17, 15) is 4.39 Å². The first-order valence-electron chi connectivity index (χ1n) is 6.91. The van der Waals surface area contributed by atoms with Gasteiger partial charge in [-0.05, 0) is 49.7 Å². The molecule has 0 amide bonds. The van der Waals surface area contributed by atoms with Crippen molar-refractivity contribution in [1.82, 2.24) is 4.90 Å². The van der Waals surface area contributed by atoms with Crippen LogP contribution in [0.5, 0.6) is 0 Å². The predicted octanol–water partition coefficient (Wildman–Crippen LogP) is 3.47. The smallest absolute Gasteiger partial charge is 0.146 e. The number of hydrogen-bond donors (Lipinski definition) is 1. The summed E-state index contributed by atoms with van der Waals surface area (Å²) in [4.78, 5) is 2.20. The SMILES string of the molecule is CN(CCCc1ccccc1)Cc1ccc(N)c(F)c1. The van der Waals surface area contributed by atoms with E-state index in [1.165, 1.54) is 11.6 Å². The lowest BCUT2D eigenvalue weighted by molar-refractivity contribution is 0.322. The van der Waals surface area contributed by atoms with Crippen LogP contribution in [0, 0.1) is 5.82 Å². The Morgan fingerprint density at radius 1 is 1.05 bits per heavy atom. The normalized spacial score (nSPS) is 10.9. The van der Waals surface area contributed by atoms with Crippen LogP contribution in [-0.4, -0.2) is 18.5 Å². The van der Waals surface area contributed by atoms with Crippen molar-refractivity contribution in [2.75, 3.05) is 19.3 Å². The number of nitrogens with zero attached hydrogens (tertiary/aromatic N) is 1. The highest BCUT2D eigenvalue weighted by Gasteiger charge is 2.04. The number of hydrogen-bond acceptors (Lipinski definition) is 2. The first kappa shape index (κ1) is 14.5. The maximum Gasteiger partial charge on any atom is 0.146 e. The van der Waals surface area contributed by atoms with E-state index >= 15 is 0 Å². The van der Waals surface area contributed by atoms with Gasteiger partial charge in [-0.1, -0.05) is 36.4 Å². The fourth-order valence-corrected chi connectivity index (χ4v) is 2.26. The van der Waals surface area contributed by atoms with Gasteiger partial charge >= 0.3 is 0 Å². The van der Waals surface area contributed by atoms with Crippen LogP contribution in [0.3, 0.4) is 0 Å². The molecular weight excluding hydrogens is 251 g/mol. The Hall–Kier alpha value is -1.87. The molecule has 2 N–H and O–H groups in total. The Bertz CT molecular complexity index is 540. The van der Waals surface area contributed by atoms with Crippen LogP contribution in [0.2, 0.25) is 0 Å². The van der Waals surface area contributed by atoms with Gasteiger partial charge in [-0.2, -0.15) is 0 Å². The van der Waals surface area contributed by atoms with Crippen LogP contribution >= 0.6 is 0 Å². The van der Waals surface area contributed by atoms with Gasteiger partial charge in [0.25, 0.3) is 0 Å². The van der Waals surface area contributed by atoms with Crippen LogP contribution in [0.4, 0.5) is 10.1 Å². The van der Waals surface area contributed by atoms with E-state index in [4.69, 9.17) is 5.73 Å². The Kier molecular flexibility index (Phi) is 5.13. The molecular formula is C17H21FN2. The molecule has 0 saturated heterocycles. The van der Waals surface area contributed by atoms with Crippen LogP contribution in [0.15, 0.2) is 48.5 Å². The Labute approximate surface area is 120 Å². The van der Waals surface area contributed by atoms with E-state index in [0.717, 1.165) is 31.5 Å². The lowest BCUT2D eigenvalue weighted by atomic mass is 10.1. The van der Waals surface area contributed by atoms with Gasteiger partial charge in [0.1, 0.15) is 5.82 Å². The van der Waals surface area contributed by atoms with Gasteiger partial charge in [0.05, 0.1) is 5.69 Å². The quantitative estimate of drug-likeness (QED) is 0.816. The van der Waals surface area contributed by atoms with Gasteiger partial charge in [-0.3, -0.25) is 0 Å². The second-order valence-electron chi connectivity index (χ2n) is 5.18. The van der Waals surface area contributed by atoms with Crippen molar-refractivity contribution >= 4 is 5.69 Å². The van der Waals surface area contributed by atoms with Crippen molar-refractivity contribution in [3.05, 3.63) is 65.5 Å². The first-order valence-corrected chi connectivity index (χ1v) is 6.91. The zero-order valence-electron chi connectivity index (χ0n) is 11.8. The van der Waals surface area contributed by atoms with Gasteiger partial charge < -0.3 is 10.6 Å². The molecule has 2 nitrogen and oxygen atoms in total. The molecule has 0 atom stereocenters. The van der Waals surface area contributed by atoms with E-state index in [1.807, 2.05) is 12.1 Å². The fourth-order valence-electron chi connectivity index (χ4n) is 2.26. The molecule has 2 rings (SSSR count). The zero-order chi connectivity index (χ0) is 14.4. The Morgan fingerprint density at radius 2 is 1.80 bits per heavy atom. The molecule has 0 unspecified atom stereocenters. The van der Waals surface area contributed by atoms with E-state index in [2.05, 4.69) is 36.2 Å². The second kappa shape index (κ2) is 7.06. The summed E-state index contributed by atoms with van der Waals surface area (Å²) in [7, 11) is 2.05. The lowest BCUT2D eigenvalue weighted by Crippen LogP contribution is -2.19. The minimum atomic E-state index is -0.333. The molecule has 2 aromatic rings. The number of nitrogens with two attached hydrogens (primary N) is 1. The molecule has 0 radical (unpaired) electrons. The number of aryl methyl sites for hydroxylation is 1. The zero-order valence-corrected chi connectivity index (χ0v) is 11.8. The third kappa shape index (κ3) is 4.35. The third-order valence-electron chi connectivity index (χ3n) is 3.37. The van der Waals surface area contributed by atoms with Crippen LogP contribution in [0.1, 0.15) is 17.5 Å². The highest BCUT2D eigenvalue weighted by atomic mass is 19.1. The van der Waals surface area contributed by atoms with Crippen molar-refractivity contribution in [2.24, 2.45) is 0 Å². The van der Waals surface area contributed by atoms with Crippen LogP contribution in [0.25, 0.3) is 0 Å². The van der Waals surface area contributed by atoms with E-state index < -0.39 is 0 Å². The molecule has 0 spiro atoms. The Morgan fingerprint density at radius 3 is 2.50 bits per heavy atom. The number of nitrogen functional groups attached to an aromatic ring is 1. The molecule has 3 heteroatoms. The van der Waals surface area contributed by atoms with E-state index in [1.54, 1.807) is 6.07 Å². The van der Waals surface area contributed by atoms with Crippen LogP contribution < -0.4 is 5.73 Å². The number of halogens is 1. The third-order valence-corrected chi connectivity index (χ3v) is 3.37. The lowest BCUT2D eigenvalue weighted by Gasteiger charge is -2.17. The largest absolute Gasteiger partial charge is 0.396 e. The highest BCUT2D eigenvalue weighted by molar-refractivity contribution is 5.41. The summed E-state index contributed by atoms with van der Waals surface area (Å²) < 4.78 is 13.4. The fraction of sp³-hybridized carbons (Fsp3) is 0.294. The molecule has 0 aliphatic rings. The number of benzene rings is 2. The highest BCUT2D eigenvalue weighted by Crippen LogP contribution is 2.13. The molecule has 0 fully saturated rings. The standard InChI is InChI=1S/C17H21FN2/c1-20(11-5-8-14-6-3-2-4-7-14)13-15-9-10-17(19)16(18)12-15/h2-4,6-7,9-10,12H,5,8,11,13,19H2,1H3. The van der Waals surface area contributed by atoms with Crippen molar-refractivity contribution in [3.8, 4) is 0 Å². The van der Waals surface area contributed by atoms with Gasteiger partial charge in [0.2, 0.25) is 0 Å². The van der Waals surface area contributed by atoms with E-state index in [0.29, 0.717) is 0 Å². The molecule has 0 aliphatic heterocycles. The van der Waals surface area contributed by atoms with Crippen molar-refractivity contribution in [2.45, 2.75) is 19.4 Å². The van der Waals surface area contributed by atoms with Crippen molar-refractivity contribution in [1.29, 1.82) is 0 Å². The molecule has 0 heterocycles. The summed E-state index contributed by atoms with van der Waals surface area (Å²) in [5.41, 5.74) is 8.00. The summed E-state index contributed by atoms with van der Waals surface area (Å²) >= 11 is 0. The van der Waals surface area contributed by atoms with Crippen molar-refractivity contribution in [3.63, 3.8) is 0 Å². The molecule has 106 valence electrons. The van der Waals surface area contributed by atoms with Gasteiger partial charge in [-0.25, -0.2) is 4.39 Å². The topological polar surface area (TPSA) is 29.3 Å². The summed E-state index contributed by atoms with van der Waals surface area (Å²) in [5, 5.41) is 0. The average molecular weight is 272 g/mol. The van der Waals surface area contributed by atoms with Gasteiger partial charge in [0, 0.05) is 6.54 Å². The minimum Gasteiger partial charge on any atom is -0.396 e. The summed E-state index contributed by atoms with van der Waals surface area (Å²) in [6.45, 7) is 1.73. The summed E-state index contributed by atoms with van der Waals surface area (Å²) in [5.74, 6) is -0.333. The maximum absolute atomic E-state index is 13.4. The second-order valence-corrected chi connectivity index (χ2v) is 5.18. The summed E-state index contributed by atoms with van der Waals surface area (Å²) in [6.07, 6.45) is 2.17. The summed E-state index contributed by atoms with van der Waals surface area (Å²) in [6, 6.07) is 15.5. The van der Waals surface area contributed by atoms with E-state index in [-0.39, 0.29) is 11.5 Å².